The van der Waals surface area contributed by atoms with Crippen molar-refractivity contribution in [3.05, 3.63) is 22.8 Å². The Hall–Kier alpha value is -3.41. The molecule has 1 heterocycles. The zero-order valence-corrected chi connectivity index (χ0v) is 28.8. The van der Waals surface area contributed by atoms with E-state index < -0.39 is 95.1 Å². The van der Waals surface area contributed by atoms with E-state index in [9.17, 15) is 28.8 Å². The average molecular weight is 669 g/mol. The zero-order chi connectivity index (χ0) is 34.8. The van der Waals surface area contributed by atoms with E-state index in [0.29, 0.717) is 5.57 Å². The van der Waals surface area contributed by atoms with Crippen LogP contribution < -0.4 is 0 Å². The lowest BCUT2D eigenvalue weighted by molar-refractivity contribution is -0.260. The summed E-state index contributed by atoms with van der Waals surface area (Å²) in [4.78, 5) is 77.2. The maximum Gasteiger partial charge on any atom is 0.334 e. The predicted molar refractivity (Wildman–Crippen MR) is 163 cm³/mol. The lowest BCUT2D eigenvalue weighted by Gasteiger charge is -2.58. The molecule has 0 bridgehead atoms. The molecule has 12 nitrogen and oxygen atoms in total. The Kier molecular flexibility index (Phi) is 11.7. The fourth-order valence-electron chi connectivity index (χ4n) is 7.16. The Balaban J connectivity index is 2.49. The fourth-order valence-corrected chi connectivity index (χ4v) is 7.44. The number of ether oxygens (including phenoxy) is 6. The van der Waals surface area contributed by atoms with Gasteiger partial charge in [0.2, 0.25) is 0 Å². The molecule has 46 heavy (non-hydrogen) atoms. The highest BCUT2D eigenvalue weighted by Gasteiger charge is 2.67. The number of esters is 6. The molecule has 13 heteroatoms. The summed E-state index contributed by atoms with van der Waals surface area (Å²) in [6, 6.07) is 0. The van der Waals surface area contributed by atoms with E-state index in [4.69, 9.17) is 40.0 Å². The molecule has 3 aliphatic rings. The quantitative estimate of drug-likeness (QED) is 0.165. The summed E-state index contributed by atoms with van der Waals surface area (Å²) in [5.41, 5.74) is -0.487. The molecule has 0 unspecified atom stereocenters. The maximum atomic E-state index is 13.2. The molecule has 0 saturated heterocycles. The lowest BCUT2D eigenvalue weighted by Crippen LogP contribution is -2.69. The third-order valence-electron chi connectivity index (χ3n) is 9.04. The van der Waals surface area contributed by atoms with Crippen LogP contribution in [0, 0.1) is 23.2 Å². The molecule has 0 spiro atoms. The smallest absolute Gasteiger partial charge is 0.334 e. The van der Waals surface area contributed by atoms with Crippen LogP contribution in [-0.4, -0.2) is 77.8 Å². The van der Waals surface area contributed by atoms with E-state index in [2.05, 4.69) is 0 Å². The average Bonchev–Trinajstić information content (AvgIpc) is 3.21. The van der Waals surface area contributed by atoms with Gasteiger partial charge in [0.25, 0.3) is 0 Å². The number of alkyl halides is 1. The van der Waals surface area contributed by atoms with Crippen molar-refractivity contribution in [2.24, 2.45) is 23.2 Å². The molecule has 3 rings (SSSR count). The summed E-state index contributed by atoms with van der Waals surface area (Å²) >= 11 is 6.90. The van der Waals surface area contributed by atoms with Crippen molar-refractivity contribution >= 4 is 47.4 Å². The number of carbonyl (C=O) groups excluding carboxylic acids is 6. The molecule has 0 aromatic heterocycles. The minimum absolute atomic E-state index is 0.0142. The second-order valence-corrected chi connectivity index (χ2v) is 13.5. The largest absolute Gasteiger partial charge is 0.461 e. The molecule has 10 atom stereocenters. The highest BCUT2D eigenvalue weighted by Crippen LogP contribution is 2.56. The van der Waals surface area contributed by atoms with E-state index in [1.807, 2.05) is 13.8 Å². The third-order valence-corrected chi connectivity index (χ3v) is 9.61. The maximum absolute atomic E-state index is 13.2. The van der Waals surface area contributed by atoms with Gasteiger partial charge < -0.3 is 28.4 Å². The van der Waals surface area contributed by atoms with Crippen molar-refractivity contribution in [2.75, 3.05) is 0 Å². The molecule has 0 radical (unpaired) electrons. The molecule has 0 aromatic rings. The second-order valence-electron chi connectivity index (χ2n) is 13.0. The van der Waals surface area contributed by atoms with Crippen LogP contribution >= 0.6 is 11.6 Å². The van der Waals surface area contributed by atoms with Crippen molar-refractivity contribution in [3.63, 3.8) is 0 Å². The Labute approximate surface area is 274 Å². The minimum Gasteiger partial charge on any atom is -0.461 e. The molecule has 0 aromatic carbocycles. The van der Waals surface area contributed by atoms with Crippen LogP contribution in [0.15, 0.2) is 22.8 Å². The van der Waals surface area contributed by atoms with E-state index in [0.717, 1.165) is 0 Å². The first-order chi connectivity index (χ1) is 21.3. The SMILES string of the molecule is CC(=O)O[C@H]1[C@H](C)[C@@H]2[C@H](OC(C)=O)C3=C(C)C(=O)O[C@H]3[C@@H](Cl)/C(C)=C\C[C@H](OC(C)=O)[C@@]2(C)[C@@H](OC(C)=O)[C@H]1OC(=O)CC(C)C. The standard InChI is InChI=1S/C33H45ClO12/c1-14(2)13-23(39)45-30-27(42-19(7)36)17(5)25-28(43-20(8)37)24-16(4)32(40)46-29(24)26(34)15(3)11-12-22(41-18(6)35)33(25,10)31(30)44-21(9)38/h11,14,17,22,25-31H,12-13H2,1-10H3/b15-11-/t17-,22+,25-,26+,27+,28-,29-,30+,31+,33-/m1/s1. The monoisotopic (exact) mass is 668 g/mol. The van der Waals surface area contributed by atoms with Crippen LogP contribution in [0.5, 0.6) is 0 Å². The topological polar surface area (TPSA) is 158 Å². The molecular weight excluding hydrogens is 624 g/mol. The van der Waals surface area contributed by atoms with Crippen molar-refractivity contribution in [2.45, 2.75) is 124 Å². The molecule has 0 amide bonds. The van der Waals surface area contributed by atoms with Crippen LogP contribution in [0.1, 0.15) is 82.1 Å². The van der Waals surface area contributed by atoms with Gasteiger partial charge in [-0.2, -0.15) is 0 Å². The number of hydrogen-bond donors (Lipinski definition) is 0. The van der Waals surface area contributed by atoms with Gasteiger partial charge in [0.05, 0.1) is 10.8 Å². The molecular formula is C33H45ClO12. The molecule has 256 valence electrons. The van der Waals surface area contributed by atoms with Crippen LogP contribution in [0.25, 0.3) is 0 Å². The van der Waals surface area contributed by atoms with E-state index >= 15 is 0 Å². The number of hydrogen-bond acceptors (Lipinski definition) is 12. The first kappa shape index (κ1) is 37.1. The normalized spacial score (nSPS) is 35.4. The second kappa shape index (κ2) is 14.6. The molecule has 1 fully saturated rings. The van der Waals surface area contributed by atoms with Gasteiger partial charge in [0.15, 0.2) is 12.2 Å². The Bertz CT molecular complexity index is 1320. The lowest BCUT2D eigenvalue weighted by atomic mass is 9.53. The molecule has 1 aliphatic heterocycles. The van der Waals surface area contributed by atoms with Crippen molar-refractivity contribution in [3.8, 4) is 0 Å². The Morgan fingerprint density at radius 3 is 2.00 bits per heavy atom. The van der Waals surface area contributed by atoms with Gasteiger partial charge in [0.1, 0.15) is 24.4 Å². The highest BCUT2D eigenvalue weighted by molar-refractivity contribution is 6.23. The summed E-state index contributed by atoms with van der Waals surface area (Å²) in [5, 5.41) is -0.881. The van der Waals surface area contributed by atoms with E-state index in [1.165, 1.54) is 34.6 Å². The van der Waals surface area contributed by atoms with Gasteiger partial charge in [0, 0.05) is 63.5 Å². The fraction of sp³-hybridized carbons (Fsp3) is 0.697. The van der Waals surface area contributed by atoms with Gasteiger partial charge in [-0.3, -0.25) is 24.0 Å². The molecule has 2 aliphatic carbocycles. The minimum atomic E-state index is -1.50. The van der Waals surface area contributed by atoms with E-state index in [-0.39, 0.29) is 29.9 Å². The summed E-state index contributed by atoms with van der Waals surface area (Å²) in [5.74, 6) is -6.03. The summed E-state index contributed by atoms with van der Waals surface area (Å²) in [6.45, 7) is 15.1. The van der Waals surface area contributed by atoms with E-state index in [1.54, 1.807) is 26.8 Å². The number of carbonyl (C=O) groups is 6. The van der Waals surface area contributed by atoms with Crippen molar-refractivity contribution in [1.29, 1.82) is 0 Å². The molecule has 1 saturated carbocycles. The third kappa shape index (κ3) is 7.58. The van der Waals surface area contributed by atoms with Gasteiger partial charge in [-0.25, -0.2) is 4.79 Å². The summed E-state index contributed by atoms with van der Waals surface area (Å²) < 4.78 is 35.5. The highest BCUT2D eigenvalue weighted by atomic mass is 35.5. The first-order valence-electron chi connectivity index (χ1n) is 15.4. The Morgan fingerprint density at radius 1 is 0.913 bits per heavy atom. The van der Waals surface area contributed by atoms with Crippen molar-refractivity contribution in [1.82, 2.24) is 0 Å². The number of fused-ring (bicyclic) bond motifs is 2. The number of rotatable bonds is 7. The first-order valence-corrected chi connectivity index (χ1v) is 15.8. The van der Waals surface area contributed by atoms with Crippen LogP contribution in [-0.2, 0) is 57.2 Å². The van der Waals surface area contributed by atoms with Crippen molar-refractivity contribution < 1.29 is 57.2 Å². The van der Waals surface area contributed by atoms with Gasteiger partial charge >= 0.3 is 35.8 Å². The van der Waals surface area contributed by atoms with Gasteiger partial charge in [-0.05, 0) is 19.8 Å². The zero-order valence-electron chi connectivity index (χ0n) is 28.0. The summed E-state index contributed by atoms with van der Waals surface area (Å²) in [6.07, 6.45) is -5.58. The van der Waals surface area contributed by atoms with Gasteiger partial charge in [-0.15, -0.1) is 11.6 Å². The molecule has 0 N–H and O–H groups in total. The van der Waals surface area contributed by atoms with Gasteiger partial charge in [-0.1, -0.05) is 39.3 Å². The van der Waals surface area contributed by atoms with Crippen LogP contribution in [0.2, 0.25) is 0 Å². The van der Waals surface area contributed by atoms with Crippen LogP contribution in [0.3, 0.4) is 0 Å². The van der Waals surface area contributed by atoms with Crippen LogP contribution in [0.4, 0.5) is 0 Å². The summed E-state index contributed by atoms with van der Waals surface area (Å²) in [7, 11) is 0. The predicted octanol–water partition coefficient (Wildman–Crippen LogP) is 4.14. The number of halogens is 1. The Morgan fingerprint density at radius 2 is 1.48 bits per heavy atom.